The molecule has 3 aromatic rings. The quantitative estimate of drug-likeness (QED) is 0.387. The number of carbonyl (C=O) groups is 1. The minimum Gasteiger partial charge on any atom is -0.388 e. The molecule has 1 fully saturated rings. The van der Waals surface area contributed by atoms with Gasteiger partial charge in [0.15, 0.2) is 0 Å². The molecule has 1 amide bonds. The van der Waals surface area contributed by atoms with Crippen LogP contribution in [0.15, 0.2) is 42.6 Å². The molecule has 32 heavy (non-hydrogen) atoms. The van der Waals surface area contributed by atoms with Gasteiger partial charge in [0, 0.05) is 36.9 Å². The number of nitrogens with zero attached hydrogens (tertiary/aromatic N) is 1. The van der Waals surface area contributed by atoms with Crippen LogP contribution in [0.4, 0.5) is 24.5 Å². The first-order valence-electron chi connectivity index (χ1n) is 10.7. The van der Waals surface area contributed by atoms with Crippen molar-refractivity contribution in [1.82, 2.24) is 15.3 Å². The minimum absolute atomic E-state index is 0.624. The Labute approximate surface area is 185 Å². The summed E-state index contributed by atoms with van der Waals surface area (Å²) in [5.74, 6) is 0. The molecule has 0 radical (unpaired) electrons. The zero-order chi connectivity index (χ0) is 23.0. The van der Waals surface area contributed by atoms with Gasteiger partial charge < -0.3 is 20.9 Å². The summed E-state index contributed by atoms with van der Waals surface area (Å²) >= 11 is 0. The minimum atomic E-state index is -4.24. The molecule has 1 aliphatic rings. The summed E-state index contributed by atoms with van der Waals surface area (Å²) < 4.78 is 36.0. The lowest BCUT2D eigenvalue weighted by Gasteiger charge is -2.22. The van der Waals surface area contributed by atoms with E-state index in [1.165, 1.54) is 44.2 Å². The molecule has 0 unspecified atom stereocenters. The zero-order valence-corrected chi connectivity index (χ0v) is 17.9. The first-order chi connectivity index (χ1) is 15.4. The zero-order valence-electron chi connectivity index (χ0n) is 17.9. The number of aromatic nitrogens is 2. The Kier molecular flexibility index (Phi) is 8.10. The Bertz CT molecular complexity index is 995. The van der Waals surface area contributed by atoms with Gasteiger partial charge >= 0.3 is 6.18 Å². The second kappa shape index (κ2) is 11.0. The number of nitrogens with one attached hydrogen (secondary N) is 4. The van der Waals surface area contributed by atoms with E-state index in [2.05, 4.69) is 25.9 Å². The van der Waals surface area contributed by atoms with Crippen molar-refractivity contribution in [1.29, 1.82) is 0 Å². The van der Waals surface area contributed by atoms with E-state index in [1.807, 2.05) is 12.1 Å². The van der Waals surface area contributed by atoms with Crippen LogP contribution in [-0.4, -0.2) is 29.5 Å². The summed E-state index contributed by atoms with van der Waals surface area (Å²) in [4.78, 5) is 18.2. The number of rotatable bonds is 6. The molecule has 4 rings (SSSR count). The van der Waals surface area contributed by atoms with Gasteiger partial charge in [0.05, 0.1) is 16.9 Å². The number of H-pyrrole nitrogens is 1. The summed E-state index contributed by atoms with van der Waals surface area (Å²) in [5.41, 5.74) is 2.67. The van der Waals surface area contributed by atoms with E-state index in [9.17, 15) is 18.0 Å². The van der Waals surface area contributed by atoms with Crippen LogP contribution >= 0.6 is 0 Å². The maximum atomic E-state index is 12.0. The van der Waals surface area contributed by atoms with Crippen LogP contribution in [0.2, 0.25) is 0 Å². The number of hydrogen-bond donors (Lipinski definition) is 4. The molecule has 0 bridgehead atoms. The van der Waals surface area contributed by atoms with Crippen LogP contribution in [0, 0.1) is 0 Å². The summed E-state index contributed by atoms with van der Waals surface area (Å²) in [6, 6.07) is 9.53. The van der Waals surface area contributed by atoms with Crippen molar-refractivity contribution in [3.05, 3.63) is 53.9 Å². The fourth-order valence-electron chi connectivity index (χ4n) is 3.71. The van der Waals surface area contributed by atoms with Crippen molar-refractivity contribution in [2.45, 2.75) is 50.9 Å². The highest BCUT2D eigenvalue weighted by atomic mass is 19.4. The molecule has 0 saturated heterocycles. The van der Waals surface area contributed by atoms with Gasteiger partial charge in [-0.05, 0) is 49.2 Å². The molecule has 9 heteroatoms. The lowest BCUT2D eigenvalue weighted by Crippen LogP contribution is -2.30. The number of aromatic amines is 1. The maximum Gasteiger partial charge on any atom is 0.416 e. The van der Waals surface area contributed by atoms with Crippen LogP contribution in [-0.2, 0) is 17.5 Å². The number of anilines is 2. The van der Waals surface area contributed by atoms with Crippen LogP contribution in [0.5, 0.6) is 0 Å². The number of pyridine rings is 1. The van der Waals surface area contributed by atoms with Crippen LogP contribution in [0.25, 0.3) is 11.0 Å². The van der Waals surface area contributed by atoms with Gasteiger partial charge in [0.1, 0.15) is 5.65 Å². The molecule has 6 nitrogen and oxygen atoms in total. The molecule has 1 saturated carbocycles. The van der Waals surface area contributed by atoms with E-state index >= 15 is 0 Å². The normalized spacial score (nSPS) is 14.5. The van der Waals surface area contributed by atoms with Crippen molar-refractivity contribution in [3.8, 4) is 0 Å². The molecule has 1 aromatic carbocycles. The Balaban J connectivity index is 0.000000207. The van der Waals surface area contributed by atoms with Gasteiger partial charge in [-0.3, -0.25) is 4.79 Å². The largest absolute Gasteiger partial charge is 0.416 e. The Morgan fingerprint density at radius 2 is 1.81 bits per heavy atom. The van der Waals surface area contributed by atoms with E-state index < -0.39 is 11.7 Å². The summed E-state index contributed by atoms with van der Waals surface area (Å²) in [6.45, 7) is 0.802. The average Bonchev–Trinajstić information content (AvgIpc) is 3.21. The summed E-state index contributed by atoms with van der Waals surface area (Å²) in [6.07, 6.45) is 4.80. The topological polar surface area (TPSA) is 81.8 Å². The highest BCUT2D eigenvalue weighted by Crippen LogP contribution is 2.29. The molecule has 172 valence electrons. The molecule has 4 N–H and O–H groups in total. The highest BCUT2D eigenvalue weighted by molar-refractivity contribution is 5.94. The molecule has 2 heterocycles. The van der Waals surface area contributed by atoms with Gasteiger partial charge in [-0.25, -0.2) is 4.98 Å². The third kappa shape index (κ3) is 6.46. The number of alkyl halides is 3. The second-order valence-electron chi connectivity index (χ2n) is 7.70. The predicted octanol–water partition coefficient (Wildman–Crippen LogP) is 5.30. The van der Waals surface area contributed by atoms with Gasteiger partial charge in [-0.15, -0.1) is 0 Å². The van der Waals surface area contributed by atoms with Crippen molar-refractivity contribution in [2.24, 2.45) is 0 Å². The lowest BCUT2D eigenvalue weighted by atomic mass is 9.95. The monoisotopic (exact) mass is 447 g/mol. The fraction of sp³-hybridized carbons (Fsp3) is 0.391. The maximum absolute atomic E-state index is 12.0. The molecule has 2 aromatic heterocycles. The molecular weight excluding hydrogens is 419 g/mol. The highest BCUT2D eigenvalue weighted by Gasteiger charge is 2.29. The Morgan fingerprint density at radius 1 is 1.09 bits per heavy atom. The van der Waals surface area contributed by atoms with E-state index in [-0.39, 0.29) is 0 Å². The van der Waals surface area contributed by atoms with Crippen LogP contribution in [0.1, 0.15) is 43.4 Å². The number of halogens is 3. The van der Waals surface area contributed by atoms with Crippen molar-refractivity contribution >= 4 is 28.8 Å². The van der Waals surface area contributed by atoms with Gasteiger partial charge in [-0.1, -0.05) is 19.3 Å². The molecule has 0 atom stereocenters. The van der Waals surface area contributed by atoms with E-state index in [0.29, 0.717) is 18.1 Å². The van der Waals surface area contributed by atoms with Crippen molar-refractivity contribution in [2.75, 3.05) is 17.7 Å². The second-order valence-corrected chi connectivity index (χ2v) is 7.70. The van der Waals surface area contributed by atoms with Crippen molar-refractivity contribution < 1.29 is 18.0 Å². The molecule has 1 aliphatic carbocycles. The number of amides is 1. The third-order valence-electron chi connectivity index (χ3n) is 5.49. The number of benzene rings is 1. The first kappa shape index (κ1) is 23.6. The number of fused-ring (bicyclic) bond motifs is 1. The Hall–Kier alpha value is -3.07. The number of hydrogen-bond acceptors (Lipinski definition) is 4. The van der Waals surface area contributed by atoms with Crippen molar-refractivity contribution in [3.63, 3.8) is 0 Å². The Morgan fingerprint density at radius 3 is 2.44 bits per heavy atom. The smallest absolute Gasteiger partial charge is 0.388 e. The van der Waals surface area contributed by atoms with E-state index in [4.69, 9.17) is 0 Å². The van der Waals surface area contributed by atoms with Gasteiger partial charge in [0.25, 0.3) is 0 Å². The first-order valence-corrected chi connectivity index (χ1v) is 10.7. The fourth-order valence-corrected chi connectivity index (χ4v) is 3.71. The van der Waals surface area contributed by atoms with Crippen LogP contribution < -0.4 is 16.0 Å². The predicted molar refractivity (Wildman–Crippen MR) is 120 cm³/mol. The average molecular weight is 448 g/mol. The standard InChI is InChI=1S/C15H20N4O.C8H8F3N/c20-10-18-14-9-17-15-13(14)7-6-12(19-15)8-16-11-4-2-1-3-5-11;1-12-7-4-2-6(3-5-7)8(9,10)11/h6-7,9-11,16H,1-5,8H2,(H,17,19)(H,18,20);2-5,12H,1H3. The van der Waals surface area contributed by atoms with E-state index in [1.54, 1.807) is 13.2 Å². The molecular formula is C23H28F3N5O. The van der Waals surface area contributed by atoms with E-state index in [0.717, 1.165) is 41.1 Å². The van der Waals surface area contributed by atoms with Crippen LogP contribution in [0.3, 0.4) is 0 Å². The van der Waals surface area contributed by atoms with Gasteiger partial charge in [-0.2, -0.15) is 13.2 Å². The summed E-state index contributed by atoms with van der Waals surface area (Å²) in [5, 5.41) is 9.93. The third-order valence-corrected chi connectivity index (χ3v) is 5.49. The summed E-state index contributed by atoms with van der Waals surface area (Å²) in [7, 11) is 1.66. The number of carbonyl (C=O) groups excluding carboxylic acids is 1. The SMILES string of the molecule is CNc1ccc(C(F)(F)F)cc1.O=CNc1c[nH]c2nc(CNC3CCCCC3)ccc12. The van der Waals surface area contributed by atoms with Gasteiger partial charge in [0.2, 0.25) is 6.41 Å². The lowest BCUT2D eigenvalue weighted by molar-refractivity contribution is -0.137. The molecule has 0 aliphatic heterocycles. The molecule has 0 spiro atoms.